The molecule has 5 rings (SSSR count). The van der Waals surface area contributed by atoms with Crippen molar-refractivity contribution in [2.45, 2.75) is 58.4 Å². The zero-order chi connectivity index (χ0) is 23.5. The molecule has 3 aliphatic rings. The van der Waals surface area contributed by atoms with Crippen LogP contribution in [0.5, 0.6) is 0 Å². The third kappa shape index (κ3) is 5.28. The van der Waals surface area contributed by atoms with Gasteiger partial charge in [-0.15, -0.1) is 0 Å². The lowest BCUT2D eigenvalue weighted by Crippen LogP contribution is -2.50. The van der Waals surface area contributed by atoms with Gasteiger partial charge < -0.3 is 9.80 Å². The van der Waals surface area contributed by atoms with Gasteiger partial charge in [0, 0.05) is 44.0 Å². The predicted octanol–water partition coefficient (Wildman–Crippen LogP) is 4.06. The van der Waals surface area contributed by atoms with Crippen LogP contribution in [0.2, 0.25) is 0 Å². The van der Waals surface area contributed by atoms with E-state index >= 15 is 0 Å². The van der Waals surface area contributed by atoms with Gasteiger partial charge in [-0.2, -0.15) is 5.10 Å². The second-order valence-electron chi connectivity index (χ2n) is 10.4. The van der Waals surface area contributed by atoms with Crippen LogP contribution in [0.3, 0.4) is 0 Å². The maximum absolute atomic E-state index is 12.9. The topological polar surface area (TPSA) is 44.6 Å². The highest BCUT2D eigenvalue weighted by atomic mass is 16.2. The third-order valence-electron chi connectivity index (χ3n) is 8.08. The van der Waals surface area contributed by atoms with E-state index in [1.165, 1.54) is 54.6 Å². The Bertz CT molecular complexity index is 1030. The molecule has 2 aromatic rings. The minimum atomic E-state index is 0.302. The van der Waals surface area contributed by atoms with E-state index in [2.05, 4.69) is 64.1 Å². The van der Waals surface area contributed by atoms with E-state index in [-0.39, 0.29) is 0 Å². The average molecular weight is 462 g/mol. The number of benzene rings is 1. The predicted molar refractivity (Wildman–Crippen MR) is 137 cm³/mol. The largest absolute Gasteiger partial charge is 0.341 e. The first-order valence-electron chi connectivity index (χ1n) is 13.1. The Balaban J connectivity index is 1.11. The van der Waals surface area contributed by atoms with Gasteiger partial charge in [-0.25, -0.2) is 4.68 Å². The standard InChI is InChI=1S/C28H39N5O/c1-22-6-7-27(18-23(22)2)33-20-25(19-29-33)24-8-14-30(15-9-24)21-28(34)32-16-10-26(11-17-32)31-12-4-3-5-13-31/h6-8,18-20,26H,3-5,9-17,21H2,1-2H3. The summed E-state index contributed by atoms with van der Waals surface area (Å²) in [5.74, 6) is 0.302. The molecule has 0 aliphatic carbocycles. The lowest BCUT2D eigenvalue weighted by atomic mass is 9.99. The molecule has 0 atom stereocenters. The zero-order valence-corrected chi connectivity index (χ0v) is 20.9. The van der Waals surface area contributed by atoms with E-state index in [1.807, 2.05) is 10.9 Å². The molecule has 4 heterocycles. The van der Waals surface area contributed by atoms with Crippen molar-refractivity contribution in [2.75, 3.05) is 45.8 Å². The molecule has 1 amide bonds. The van der Waals surface area contributed by atoms with E-state index in [9.17, 15) is 4.79 Å². The molecule has 1 aromatic carbocycles. The summed E-state index contributed by atoms with van der Waals surface area (Å²) in [6.07, 6.45) is 13.7. The van der Waals surface area contributed by atoms with Crippen LogP contribution in [0.4, 0.5) is 0 Å². The summed E-state index contributed by atoms with van der Waals surface area (Å²) in [5.41, 5.74) is 6.20. The number of aromatic nitrogens is 2. The summed E-state index contributed by atoms with van der Waals surface area (Å²) in [7, 11) is 0. The first-order chi connectivity index (χ1) is 16.6. The second-order valence-corrected chi connectivity index (χ2v) is 10.4. The molecule has 0 bridgehead atoms. The lowest BCUT2D eigenvalue weighted by Gasteiger charge is -2.40. The highest BCUT2D eigenvalue weighted by Crippen LogP contribution is 2.24. The van der Waals surface area contributed by atoms with Gasteiger partial charge >= 0.3 is 0 Å². The van der Waals surface area contributed by atoms with Gasteiger partial charge in [0.15, 0.2) is 0 Å². The SMILES string of the molecule is Cc1ccc(-n2cc(C3=CCN(CC(=O)N4CCC(N5CCCCC5)CC4)CC3)cn2)cc1C. The highest BCUT2D eigenvalue weighted by molar-refractivity contribution is 5.78. The Kier molecular flexibility index (Phi) is 7.16. The molecule has 2 fully saturated rings. The van der Waals surface area contributed by atoms with Crippen LogP contribution in [0, 0.1) is 13.8 Å². The maximum Gasteiger partial charge on any atom is 0.236 e. The molecule has 3 aliphatic heterocycles. The minimum absolute atomic E-state index is 0.302. The highest BCUT2D eigenvalue weighted by Gasteiger charge is 2.28. The summed E-state index contributed by atoms with van der Waals surface area (Å²) >= 11 is 0. The van der Waals surface area contributed by atoms with Crippen LogP contribution in [0.25, 0.3) is 11.3 Å². The Hall–Kier alpha value is -2.44. The first kappa shape index (κ1) is 23.3. The Morgan fingerprint density at radius 1 is 1.00 bits per heavy atom. The summed E-state index contributed by atoms with van der Waals surface area (Å²) in [4.78, 5) is 20.0. The van der Waals surface area contributed by atoms with E-state index in [1.54, 1.807) is 0 Å². The van der Waals surface area contributed by atoms with Gasteiger partial charge in [0.05, 0.1) is 18.4 Å². The van der Waals surface area contributed by atoms with Crippen LogP contribution in [-0.2, 0) is 4.79 Å². The molecule has 2 saturated heterocycles. The van der Waals surface area contributed by atoms with E-state index < -0.39 is 0 Å². The van der Waals surface area contributed by atoms with Gasteiger partial charge in [0.1, 0.15) is 0 Å². The van der Waals surface area contributed by atoms with Crippen molar-refractivity contribution >= 4 is 11.5 Å². The molecule has 34 heavy (non-hydrogen) atoms. The Morgan fingerprint density at radius 2 is 1.79 bits per heavy atom. The van der Waals surface area contributed by atoms with E-state index in [0.717, 1.165) is 51.1 Å². The molecule has 6 heteroatoms. The molecule has 1 aromatic heterocycles. The summed E-state index contributed by atoms with van der Waals surface area (Å²) < 4.78 is 1.96. The number of amides is 1. The average Bonchev–Trinajstić information content (AvgIpc) is 3.37. The number of nitrogens with zero attached hydrogens (tertiary/aromatic N) is 5. The molecule has 0 N–H and O–H groups in total. The quantitative estimate of drug-likeness (QED) is 0.674. The van der Waals surface area contributed by atoms with Crippen molar-refractivity contribution in [3.63, 3.8) is 0 Å². The smallest absolute Gasteiger partial charge is 0.236 e. The van der Waals surface area contributed by atoms with Gasteiger partial charge in [0.2, 0.25) is 5.91 Å². The van der Waals surface area contributed by atoms with Crippen LogP contribution in [-0.4, -0.2) is 82.2 Å². The molecular weight excluding hydrogens is 422 g/mol. The maximum atomic E-state index is 12.9. The van der Waals surface area contributed by atoms with E-state index in [4.69, 9.17) is 0 Å². The summed E-state index contributed by atoms with van der Waals surface area (Å²) in [6.45, 7) is 10.9. The van der Waals surface area contributed by atoms with Gasteiger partial charge in [-0.05, 0) is 87.9 Å². The number of aryl methyl sites for hydroxylation is 2. The van der Waals surface area contributed by atoms with Crippen LogP contribution >= 0.6 is 0 Å². The minimum Gasteiger partial charge on any atom is -0.341 e. The van der Waals surface area contributed by atoms with Crippen molar-refractivity contribution in [3.05, 3.63) is 53.4 Å². The van der Waals surface area contributed by atoms with Crippen molar-refractivity contribution in [1.82, 2.24) is 24.5 Å². The van der Waals surface area contributed by atoms with Crippen molar-refractivity contribution in [3.8, 4) is 5.69 Å². The number of rotatable bonds is 5. The van der Waals surface area contributed by atoms with Crippen LogP contribution in [0.1, 0.15) is 55.2 Å². The molecule has 182 valence electrons. The summed E-state index contributed by atoms with van der Waals surface area (Å²) in [5, 5.41) is 4.60. The number of likely N-dealkylation sites (tertiary alicyclic amines) is 2. The fourth-order valence-corrected chi connectivity index (χ4v) is 5.67. The summed E-state index contributed by atoms with van der Waals surface area (Å²) in [6, 6.07) is 7.15. The Labute approximate surface area is 204 Å². The lowest BCUT2D eigenvalue weighted by molar-refractivity contribution is -0.134. The number of carbonyl (C=O) groups excluding carboxylic acids is 1. The van der Waals surface area contributed by atoms with E-state index in [0.29, 0.717) is 18.5 Å². The van der Waals surface area contributed by atoms with Gasteiger partial charge in [-0.3, -0.25) is 9.69 Å². The zero-order valence-electron chi connectivity index (χ0n) is 20.9. The number of hydrogen-bond acceptors (Lipinski definition) is 4. The molecule has 0 spiro atoms. The molecular formula is C28H39N5O. The monoisotopic (exact) mass is 461 g/mol. The van der Waals surface area contributed by atoms with Crippen molar-refractivity contribution in [1.29, 1.82) is 0 Å². The van der Waals surface area contributed by atoms with Gasteiger partial charge in [-0.1, -0.05) is 18.6 Å². The third-order valence-corrected chi connectivity index (χ3v) is 8.08. The van der Waals surface area contributed by atoms with Crippen LogP contribution in [0.15, 0.2) is 36.7 Å². The number of hydrogen-bond donors (Lipinski definition) is 0. The van der Waals surface area contributed by atoms with Gasteiger partial charge in [0.25, 0.3) is 0 Å². The fourth-order valence-electron chi connectivity index (χ4n) is 5.67. The Morgan fingerprint density at radius 3 is 2.50 bits per heavy atom. The number of carbonyl (C=O) groups is 1. The first-order valence-corrected chi connectivity index (χ1v) is 13.1. The van der Waals surface area contributed by atoms with Crippen molar-refractivity contribution in [2.24, 2.45) is 0 Å². The molecule has 6 nitrogen and oxygen atoms in total. The number of piperidine rings is 2. The molecule has 0 unspecified atom stereocenters. The second kappa shape index (κ2) is 10.4. The molecule has 0 saturated carbocycles. The normalized spacial score (nSPS) is 21.0. The van der Waals surface area contributed by atoms with Crippen molar-refractivity contribution < 1.29 is 4.79 Å². The fraction of sp³-hybridized carbons (Fsp3) is 0.571. The van der Waals surface area contributed by atoms with Crippen LogP contribution < -0.4 is 0 Å². The molecule has 0 radical (unpaired) electrons.